The van der Waals surface area contributed by atoms with E-state index in [0.717, 1.165) is 29.5 Å². The van der Waals surface area contributed by atoms with E-state index in [-0.39, 0.29) is 0 Å². The minimum Gasteiger partial charge on any atom is -0.312 e. The van der Waals surface area contributed by atoms with E-state index < -0.39 is 0 Å². The summed E-state index contributed by atoms with van der Waals surface area (Å²) >= 11 is 6.14. The highest BCUT2D eigenvalue weighted by Crippen LogP contribution is 2.21. The van der Waals surface area contributed by atoms with Crippen molar-refractivity contribution in [3.8, 4) is 5.69 Å². The molecule has 0 spiro atoms. The van der Waals surface area contributed by atoms with Crippen molar-refractivity contribution in [3.05, 3.63) is 46.7 Å². The van der Waals surface area contributed by atoms with Gasteiger partial charge in [-0.25, -0.2) is 4.68 Å². The first-order valence-corrected chi connectivity index (χ1v) is 7.90. The summed E-state index contributed by atoms with van der Waals surface area (Å²) in [5, 5.41) is 8.89. The molecule has 4 heteroatoms. The van der Waals surface area contributed by atoms with Crippen LogP contribution in [0.5, 0.6) is 0 Å². The highest BCUT2D eigenvalue weighted by Gasteiger charge is 2.09. The Hall–Kier alpha value is -1.32. The van der Waals surface area contributed by atoms with Gasteiger partial charge in [-0.2, -0.15) is 5.10 Å². The number of hydrogen-bond acceptors (Lipinski definition) is 2. The minimum absolute atomic E-state index is 0.432. The topological polar surface area (TPSA) is 29.9 Å². The number of aromatic nitrogens is 2. The Bertz CT molecular complexity index is 587. The molecular weight excluding hydrogens is 282 g/mol. The number of hydrogen-bond donors (Lipinski definition) is 1. The zero-order valence-corrected chi connectivity index (χ0v) is 14.0. The fourth-order valence-electron chi connectivity index (χ4n) is 2.19. The lowest BCUT2D eigenvalue weighted by Gasteiger charge is -2.12. The molecule has 0 atom stereocenters. The predicted octanol–water partition coefficient (Wildman–Crippen LogP) is 4.39. The van der Waals surface area contributed by atoms with E-state index in [4.69, 9.17) is 11.6 Å². The van der Waals surface area contributed by atoms with Crippen molar-refractivity contribution in [3.63, 3.8) is 0 Å². The normalized spacial score (nSPS) is 11.6. The Labute approximate surface area is 132 Å². The smallest absolute Gasteiger partial charge is 0.0691 e. The molecule has 2 aromatic rings. The van der Waals surface area contributed by atoms with Gasteiger partial charge in [0, 0.05) is 17.8 Å². The van der Waals surface area contributed by atoms with Gasteiger partial charge in [0.05, 0.1) is 11.4 Å². The van der Waals surface area contributed by atoms with Crippen molar-refractivity contribution in [2.45, 2.75) is 40.2 Å². The van der Waals surface area contributed by atoms with Gasteiger partial charge in [0.25, 0.3) is 0 Å². The summed E-state index contributed by atoms with van der Waals surface area (Å²) < 4.78 is 1.94. The zero-order valence-electron chi connectivity index (χ0n) is 13.2. The predicted molar refractivity (Wildman–Crippen MR) is 89.2 cm³/mol. The third-order valence-electron chi connectivity index (χ3n) is 3.36. The van der Waals surface area contributed by atoms with Crippen LogP contribution in [0.25, 0.3) is 5.69 Å². The zero-order chi connectivity index (χ0) is 15.4. The molecule has 0 aliphatic heterocycles. The van der Waals surface area contributed by atoms with Gasteiger partial charge < -0.3 is 5.32 Å². The number of halogens is 1. The van der Waals surface area contributed by atoms with Gasteiger partial charge in [-0.15, -0.1) is 0 Å². The number of nitrogens with one attached hydrogen (secondary N) is 1. The largest absolute Gasteiger partial charge is 0.312 e. The molecule has 21 heavy (non-hydrogen) atoms. The average molecular weight is 306 g/mol. The highest BCUT2D eigenvalue weighted by molar-refractivity contribution is 6.30. The van der Waals surface area contributed by atoms with E-state index in [9.17, 15) is 0 Å². The lowest BCUT2D eigenvalue weighted by atomic mass is 10.1. The molecule has 1 aromatic carbocycles. The summed E-state index contributed by atoms with van der Waals surface area (Å²) in [5.41, 5.74) is 3.36. The molecule has 0 saturated carbocycles. The molecular formula is C17H24ClN3. The number of nitrogens with zero attached hydrogens (tertiary/aromatic N) is 2. The van der Waals surface area contributed by atoms with Crippen LogP contribution in [-0.2, 0) is 6.54 Å². The lowest BCUT2D eigenvalue weighted by molar-refractivity contribution is 0.551. The third-order valence-corrected chi connectivity index (χ3v) is 3.59. The van der Waals surface area contributed by atoms with Gasteiger partial charge in [-0.3, -0.25) is 0 Å². The molecule has 1 aromatic heterocycles. The molecule has 3 nitrogen and oxygen atoms in total. The van der Waals surface area contributed by atoms with Crippen molar-refractivity contribution in [2.24, 2.45) is 5.92 Å². The molecule has 1 N–H and O–H groups in total. The van der Waals surface area contributed by atoms with Gasteiger partial charge in [-0.05, 0) is 48.2 Å². The Morgan fingerprint density at radius 2 is 1.95 bits per heavy atom. The van der Waals surface area contributed by atoms with Crippen LogP contribution in [0.3, 0.4) is 0 Å². The monoisotopic (exact) mass is 305 g/mol. The van der Waals surface area contributed by atoms with Crippen molar-refractivity contribution in [1.82, 2.24) is 15.1 Å². The molecule has 0 radical (unpaired) electrons. The van der Waals surface area contributed by atoms with Gasteiger partial charge in [0.15, 0.2) is 0 Å². The van der Waals surface area contributed by atoms with Crippen LogP contribution in [-0.4, -0.2) is 16.3 Å². The van der Waals surface area contributed by atoms with Gasteiger partial charge in [0.2, 0.25) is 0 Å². The van der Waals surface area contributed by atoms with Crippen LogP contribution < -0.4 is 5.32 Å². The highest BCUT2D eigenvalue weighted by atomic mass is 35.5. The molecule has 0 aliphatic carbocycles. The fraction of sp³-hybridized carbons (Fsp3) is 0.471. The van der Waals surface area contributed by atoms with Crippen LogP contribution in [0.15, 0.2) is 30.5 Å². The van der Waals surface area contributed by atoms with Crippen molar-refractivity contribution < 1.29 is 0 Å². The van der Waals surface area contributed by atoms with Crippen molar-refractivity contribution in [1.29, 1.82) is 0 Å². The van der Waals surface area contributed by atoms with Crippen LogP contribution in [0.1, 0.15) is 44.9 Å². The molecule has 1 heterocycles. The van der Waals surface area contributed by atoms with E-state index in [1.54, 1.807) is 0 Å². The van der Waals surface area contributed by atoms with Crippen molar-refractivity contribution in [2.75, 3.05) is 6.54 Å². The first-order chi connectivity index (χ1) is 9.97. The fourth-order valence-corrected chi connectivity index (χ4v) is 2.39. The van der Waals surface area contributed by atoms with Gasteiger partial charge in [-0.1, -0.05) is 39.3 Å². The summed E-state index contributed by atoms with van der Waals surface area (Å²) in [4.78, 5) is 0. The van der Waals surface area contributed by atoms with Gasteiger partial charge in [0.1, 0.15) is 0 Å². The molecule has 0 unspecified atom stereocenters. The summed E-state index contributed by atoms with van der Waals surface area (Å²) in [5.74, 6) is 1.06. The quantitative estimate of drug-likeness (QED) is 0.857. The number of benzene rings is 1. The second kappa shape index (κ2) is 7.10. The van der Waals surface area contributed by atoms with Crippen molar-refractivity contribution >= 4 is 11.6 Å². The summed E-state index contributed by atoms with van der Waals surface area (Å²) in [6, 6.07) is 8.04. The van der Waals surface area contributed by atoms with E-state index in [1.165, 1.54) is 5.56 Å². The molecule has 0 fully saturated rings. The first kappa shape index (κ1) is 16.1. The van der Waals surface area contributed by atoms with E-state index in [0.29, 0.717) is 11.8 Å². The molecule has 0 saturated heterocycles. The molecule has 0 aliphatic rings. The van der Waals surface area contributed by atoms with Crippen LogP contribution >= 0.6 is 11.6 Å². The van der Waals surface area contributed by atoms with Gasteiger partial charge >= 0.3 is 0 Å². The van der Waals surface area contributed by atoms with E-state index in [1.807, 2.05) is 29.1 Å². The third kappa shape index (κ3) is 4.32. The summed E-state index contributed by atoms with van der Waals surface area (Å²) in [7, 11) is 0. The minimum atomic E-state index is 0.432. The maximum Gasteiger partial charge on any atom is 0.0691 e. The Morgan fingerprint density at radius 1 is 1.19 bits per heavy atom. The van der Waals surface area contributed by atoms with E-state index >= 15 is 0 Å². The molecule has 0 amide bonds. The molecule has 0 bridgehead atoms. The average Bonchev–Trinajstić information content (AvgIpc) is 2.88. The second-order valence-corrected chi connectivity index (χ2v) is 6.57. The summed E-state index contributed by atoms with van der Waals surface area (Å²) in [6.07, 6.45) is 2.02. The summed E-state index contributed by atoms with van der Waals surface area (Å²) in [6.45, 7) is 10.5. The number of rotatable bonds is 6. The van der Waals surface area contributed by atoms with Crippen LogP contribution in [0.2, 0.25) is 5.02 Å². The maximum absolute atomic E-state index is 6.14. The molecule has 114 valence electrons. The second-order valence-electron chi connectivity index (χ2n) is 6.14. The first-order valence-electron chi connectivity index (χ1n) is 7.52. The Balaban J connectivity index is 2.24. The Kier molecular flexibility index (Phi) is 5.43. The van der Waals surface area contributed by atoms with Crippen LogP contribution in [0, 0.1) is 5.92 Å². The lowest BCUT2D eigenvalue weighted by Crippen LogP contribution is -2.20. The standard InChI is InChI=1S/C17H24ClN3/c1-12(2)10-19-11-14-9-15(18)5-6-17(14)21-8-7-16(20-21)13(3)4/h5-9,12-13,19H,10-11H2,1-4H3. The Morgan fingerprint density at radius 3 is 2.57 bits per heavy atom. The van der Waals surface area contributed by atoms with E-state index in [2.05, 4.69) is 44.2 Å². The SMILES string of the molecule is CC(C)CNCc1cc(Cl)ccc1-n1ccc(C(C)C)n1. The van der Waals surface area contributed by atoms with Crippen LogP contribution in [0.4, 0.5) is 0 Å². The maximum atomic E-state index is 6.14. The molecule has 2 rings (SSSR count).